The summed E-state index contributed by atoms with van der Waals surface area (Å²) in [5.41, 5.74) is 2.70. The number of hydrogen-bond donors (Lipinski definition) is 1. The number of pyridine rings is 1. The highest BCUT2D eigenvalue weighted by Crippen LogP contribution is 2.34. The van der Waals surface area contributed by atoms with Gasteiger partial charge in [-0.3, -0.25) is 9.78 Å². The minimum atomic E-state index is -4.06. The number of aryl methyl sites for hydroxylation is 1. The second kappa shape index (κ2) is 10.3. The zero-order valence-corrected chi connectivity index (χ0v) is 22.2. The van der Waals surface area contributed by atoms with Crippen LogP contribution in [-0.2, 0) is 34.8 Å². The molecule has 1 amide bonds. The van der Waals surface area contributed by atoms with Gasteiger partial charge in [0.15, 0.2) is 5.69 Å². The number of anilines is 1. The van der Waals surface area contributed by atoms with Crippen molar-refractivity contribution in [2.24, 2.45) is 7.05 Å². The third kappa shape index (κ3) is 5.98. The number of aromatic nitrogens is 3. The fraction of sp³-hybridized carbons (Fsp3) is 0.385. The maximum atomic E-state index is 13.9. The molecule has 0 spiro atoms. The van der Waals surface area contributed by atoms with Crippen molar-refractivity contribution in [1.29, 1.82) is 0 Å². The van der Waals surface area contributed by atoms with Crippen molar-refractivity contribution >= 4 is 27.3 Å². The van der Waals surface area contributed by atoms with Crippen LogP contribution in [0.15, 0.2) is 60.1 Å². The lowest BCUT2D eigenvalue weighted by molar-refractivity contribution is -0.123. The van der Waals surface area contributed by atoms with Crippen LogP contribution in [-0.4, -0.2) is 57.8 Å². The van der Waals surface area contributed by atoms with Crippen LogP contribution in [0.25, 0.3) is 4.85 Å². The molecule has 1 aliphatic rings. The van der Waals surface area contributed by atoms with E-state index in [9.17, 15) is 13.2 Å². The standard InChI is InChI=1S/C26H31N7O3S/c1-26(2,3)30-25(34)17-33(37(35,36)23-7-6-10-28-14-23)21-12-19-11-20(27-4)8-9-24(19)32(15-21)16-22-13-29-18-31(22)5/h6-11,13-14,18,21H,12,15-17H2,1-3,5H3,(H,30,34). The molecule has 4 rings (SSSR count). The Morgan fingerprint density at radius 1 is 1.24 bits per heavy atom. The van der Waals surface area contributed by atoms with E-state index in [1.807, 2.05) is 38.5 Å². The Kier molecular flexibility index (Phi) is 7.34. The number of rotatable bonds is 7. The summed E-state index contributed by atoms with van der Waals surface area (Å²) in [6.07, 6.45) is 6.66. The number of nitrogens with zero attached hydrogens (tertiary/aromatic N) is 6. The SMILES string of the molecule is [C-]#[N+]c1ccc2c(c1)CC(N(CC(=O)NC(C)(C)C)S(=O)(=O)c1cccnc1)CN2Cc1cncn1C. The molecule has 0 saturated heterocycles. The Morgan fingerprint density at radius 2 is 2.03 bits per heavy atom. The first kappa shape index (κ1) is 26.3. The molecule has 194 valence electrons. The average molecular weight is 522 g/mol. The largest absolute Gasteiger partial charge is 0.364 e. The van der Waals surface area contributed by atoms with E-state index in [0.29, 0.717) is 25.2 Å². The first-order chi connectivity index (χ1) is 17.5. The molecule has 0 fully saturated rings. The number of carbonyl (C=O) groups is 1. The number of hydrogen-bond acceptors (Lipinski definition) is 6. The van der Waals surface area contributed by atoms with Gasteiger partial charge in [-0.25, -0.2) is 18.2 Å². The zero-order valence-electron chi connectivity index (χ0n) is 21.4. The quantitative estimate of drug-likeness (QED) is 0.480. The summed E-state index contributed by atoms with van der Waals surface area (Å²) in [4.78, 5) is 26.9. The first-order valence-electron chi connectivity index (χ1n) is 11.9. The number of benzene rings is 1. The average Bonchev–Trinajstić information content (AvgIpc) is 3.25. The fourth-order valence-corrected chi connectivity index (χ4v) is 6.04. The van der Waals surface area contributed by atoms with E-state index in [1.165, 1.54) is 22.8 Å². The second-order valence-corrected chi connectivity index (χ2v) is 12.1. The lowest BCUT2D eigenvalue weighted by Gasteiger charge is -2.41. The smallest absolute Gasteiger partial charge is 0.245 e. The Labute approximate surface area is 217 Å². The van der Waals surface area contributed by atoms with Crippen LogP contribution in [0.4, 0.5) is 11.4 Å². The molecule has 0 bridgehead atoms. The molecule has 1 aromatic carbocycles. The Balaban J connectivity index is 1.76. The van der Waals surface area contributed by atoms with Crippen molar-refractivity contribution < 1.29 is 13.2 Å². The van der Waals surface area contributed by atoms with Gasteiger partial charge in [-0.15, -0.1) is 0 Å². The monoisotopic (exact) mass is 521 g/mol. The summed E-state index contributed by atoms with van der Waals surface area (Å²) in [6.45, 7) is 13.5. The molecule has 3 aromatic rings. The van der Waals surface area contributed by atoms with Gasteiger partial charge in [0.1, 0.15) is 4.90 Å². The summed E-state index contributed by atoms with van der Waals surface area (Å²) in [6, 6.07) is 7.96. The Bertz CT molecular complexity index is 1420. The first-order valence-corrected chi connectivity index (χ1v) is 13.4. The number of sulfonamides is 1. The van der Waals surface area contributed by atoms with Crippen LogP contribution in [0.1, 0.15) is 32.0 Å². The van der Waals surface area contributed by atoms with Crippen LogP contribution in [0.2, 0.25) is 0 Å². The van der Waals surface area contributed by atoms with E-state index >= 15 is 0 Å². The fourth-order valence-electron chi connectivity index (χ4n) is 4.50. The van der Waals surface area contributed by atoms with Gasteiger partial charge in [0, 0.05) is 49.5 Å². The molecule has 10 nitrogen and oxygen atoms in total. The van der Waals surface area contributed by atoms with Crippen LogP contribution in [0.3, 0.4) is 0 Å². The third-order valence-electron chi connectivity index (χ3n) is 6.15. The van der Waals surface area contributed by atoms with Gasteiger partial charge in [-0.2, -0.15) is 4.31 Å². The van der Waals surface area contributed by atoms with Crippen molar-refractivity contribution in [3.8, 4) is 0 Å². The van der Waals surface area contributed by atoms with Crippen molar-refractivity contribution in [2.75, 3.05) is 18.0 Å². The predicted molar refractivity (Wildman–Crippen MR) is 140 cm³/mol. The molecule has 1 aliphatic heterocycles. The second-order valence-electron chi connectivity index (χ2n) is 10.2. The van der Waals surface area contributed by atoms with Gasteiger partial charge < -0.3 is 14.8 Å². The van der Waals surface area contributed by atoms with Crippen molar-refractivity contribution in [1.82, 2.24) is 24.2 Å². The number of fused-ring (bicyclic) bond motifs is 1. The normalized spacial score (nSPS) is 15.8. The summed E-state index contributed by atoms with van der Waals surface area (Å²) in [5.74, 6) is -0.390. The minimum absolute atomic E-state index is 0.0254. The molecule has 1 atom stereocenters. The van der Waals surface area contributed by atoms with Crippen LogP contribution < -0.4 is 10.2 Å². The van der Waals surface area contributed by atoms with Crippen molar-refractivity contribution in [3.05, 3.63) is 77.9 Å². The summed E-state index contributed by atoms with van der Waals surface area (Å²) in [7, 11) is -2.15. The van der Waals surface area contributed by atoms with Gasteiger partial charge >= 0.3 is 0 Å². The van der Waals surface area contributed by atoms with E-state index in [4.69, 9.17) is 6.57 Å². The van der Waals surface area contributed by atoms with Gasteiger partial charge in [0.25, 0.3) is 0 Å². The molecular weight excluding hydrogens is 490 g/mol. The summed E-state index contributed by atoms with van der Waals surface area (Å²) >= 11 is 0. The van der Waals surface area contributed by atoms with Crippen LogP contribution in [0, 0.1) is 6.57 Å². The lowest BCUT2D eigenvalue weighted by Crippen LogP contribution is -2.55. The van der Waals surface area contributed by atoms with Crippen LogP contribution in [0.5, 0.6) is 0 Å². The number of amides is 1. The topological polar surface area (TPSA) is 105 Å². The Morgan fingerprint density at radius 3 is 2.65 bits per heavy atom. The molecule has 2 aromatic heterocycles. The molecule has 3 heterocycles. The summed E-state index contributed by atoms with van der Waals surface area (Å²) < 4.78 is 30.9. The van der Waals surface area contributed by atoms with E-state index in [-0.39, 0.29) is 17.3 Å². The van der Waals surface area contributed by atoms with Crippen LogP contribution >= 0.6 is 0 Å². The zero-order chi connectivity index (χ0) is 26.8. The number of imidazole rings is 1. The predicted octanol–water partition coefficient (Wildman–Crippen LogP) is 2.90. The molecule has 37 heavy (non-hydrogen) atoms. The number of nitrogens with one attached hydrogen (secondary N) is 1. The summed E-state index contributed by atoms with van der Waals surface area (Å²) in [5, 5.41) is 2.88. The van der Waals surface area contributed by atoms with Crippen molar-refractivity contribution in [2.45, 2.75) is 50.2 Å². The van der Waals surface area contributed by atoms with E-state index in [0.717, 1.165) is 16.9 Å². The minimum Gasteiger partial charge on any atom is -0.364 e. The highest BCUT2D eigenvalue weighted by Gasteiger charge is 2.38. The Hall–Kier alpha value is -3.75. The maximum Gasteiger partial charge on any atom is 0.245 e. The van der Waals surface area contributed by atoms with Gasteiger partial charge in [-0.1, -0.05) is 12.1 Å². The highest BCUT2D eigenvalue weighted by molar-refractivity contribution is 7.89. The van der Waals surface area contributed by atoms with Gasteiger partial charge in [0.05, 0.1) is 31.7 Å². The third-order valence-corrected chi connectivity index (χ3v) is 8.03. The van der Waals surface area contributed by atoms with Crippen molar-refractivity contribution in [3.63, 3.8) is 0 Å². The van der Waals surface area contributed by atoms with E-state index in [1.54, 1.807) is 30.7 Å². The molecule has 11 heteroatoms. The molecule has 0 aliphatic carbocycles. The molecule has 1 N–H and O–H groups in total. The molecule has 0 saturated carbocycles. The van der Waals surface area contributed by atoms with E-state index < -0.39 is 21.6 Å². The maximum absolute atomic E-state index is 13.9. The molecule has 0 radical (unpaired) electrons. The molecular formula is C26H31N7O3S. The van der Waals surface area contributed by atoms with Gasteiger partial charge in [0.2, 0.25) is 15.9 Å². The lowest BCUT2D eigenvalue weighted by atomic mass is 9.96. The van der Waals surface area contributed by atoms with E-state index in [2.05, 4.69) is 25.0 Å². The molecule has 1 unspecified atom stereocenters. The highest BCUT2D eigenvalue weighted by atomic mass is 32.2. The number of carbonyl (C=O) groups excluding carboxylic acids is 1. The van der Waals surface area contributed by atoms with Gasteiger partial charge in [-0.05, 0) is 51.0 Å².